The Hall–Kier alpha value is -0.160. The maximum absolute atomic E-state index is 9.71. The number of aliphatic hydroxyl groups is 1. The molecule has 0 aromatic carbocycles. The Bertz CT molecular complexity index is 168. The summed E-state index contributed by atoms with van der Waals surface area (Å²) < 4.78 is 10.2. The van der Waals surface area contributed by atoms with Crippen LogP contribution in [0.2, 0.25) is 0 Å². The van der Waals surface area contributed by atoms with Crippen molar-refractivity contribution in [1.82, 2.24) is 4.90 Å². The lowest BCUT2D eigenvalue weighted by atomic mass is 10.1. The molecule has 0 aromatic heterocycles. The second-order valence-electron chi connectivity index (χ2n) is 4.90. The zero-order valence-electron chi connectivity index (χ0n) is 11.3. The van der Waals surface area contributed by atoms with Crippen LogP contribution in [-0.2, 0) is 9.47 Å². The Morgan fingerprint density at radius 2 is 1.81 bits per heavy atom. The summed E-state index contributed by atoms with van der Waals surface area (Å²) in [5.74, 6) is 0. The second-order valence-corrected chi connectivity index (χ2v) is 4.90. The topological polar surface area (TPSA) is 41.9 Å². The lowest BCUT2D eigenvalue weighted by molar-refractivity contribution is 0.0318. The molecule has 1 atom stereocenters. The van der Waals surface area contributed by atoms with E-state index < -0.39 is 5.60 Å². The monoisotopic (exact) mass is 233 g/mol. The molecular weight excluding hydrogens is 206 g/mol. The molecule has 0 amide bonds. The zero-order chi connectivity index (χ0) is 12.6. The molecule has 0 aliphatic rings. The summed E-state index contributed by atoms with van der Waals surface area (Å²) in [6, 6.07) is 0.350. The Morgan fingerprint density at radius 3 is 2.25 bits per heavy atom. The van der Waals surface area contributed by atoms with Crippen molar-refractivity contribution in [2.24, 2.45) is 0 Å². The Labute approximate surface area is 99.5 Å². The van der Waals surface area contributed by atoms with E-state index in [0.29, 0.717) is 19.3 Å². The summed E-state index contributed by atoms with van der Waals surface area (Å²) in [4.78, 5) is 2.28. The summed E-state index contributed by atoms with van der Waals surface area (Å²) in [6.45, 7) is 8.94. The van der Waals surface area contributed by atoms with E-state index >= 15 is 0 Å². The third-order valence-electron chi connectivity index (χ3n) is 2.62. The fourth-order valence-electron chi connectivity index (χ4n) is 1.52. The number of rotatable bonds is 9. The average Bonchev–Trinajstić information content (AvgIpc) is 2.16. The highest BCUT2D eigenvalue weighted by molar-refractivity contribution is 4.72. The van der Waals surface area contributed by atoms with Gasteiger partial charge in [-0.15, -0.1) is 0 Å². The van der Waals surface area contributed by atoms with Crippen molar-refractivity contribution in [2.75, 3.05) is 40.5 Å². The fourth-order valence-corrected chi connectivity index (χ4v) is 1.52. The molecule has 1 unspecified atom stereocenters. The van der Waals surface area contributed by atoms with E-state index in [1.54, 1.807) is 14.2 Å². The highest BCUT2D eigenvalue weighted by atomic mass is 16.5. The van der Waals surface area contributed by atoms with Crippen LogP contribution in [0.25, 0.3) is 0 Å². The lowest BCUT2D eigenvalue weighted by Crippen LogP contribution is -2.41. The summed E-state index contributed by atoms with van der Waals surface area (Å²) in [5, 5.41) is 9.71. The van der Waals surface area contributed by atoms with E-state index in [1.807, 2.05) is 13.8 Å². The molecule has 0 saturated carbocycles. The van der Waals surface area contributed by atoms with Crippen molar-refractivity contribution in [3.05, 3.63) is 0 Å². The SMILES string of the molecule is COCCN(CCC(C)(C)O)C(C)COC. The van der Waals surface area contributed by atoms with Gasteiger partial charge in [-0.1, -0.05) is 0 Å². The van der Waals surface area contributed by atoms with Crippen molar-refractivity contribution >= 4 is 0 Å². The van der Waals surface area contributed by atoms with Gasteiger partial charge in [0.15, 0.2) is 0 Å². The molecule has 0 spiro atoms. The zero-order valence-corrected chi connectivity index (χ0v) is 11.3. The number of nitrogens with zero attached hydrogens (tertiary/aromatic N) is 1. The first-order valence-corrected chi connectivity index (χ1v) is 5.85. The molecule has 0 fully saturated rings. The molecule has 0 bridgehead atoms. The summed E-state index contributed by atoms with van der Waals surface area (Å²) in [7, 11) is 3.41. The average molecular weight is 233 g/mol. The van der Waals surface area contributed by atoms with Crippen LogP contribution >= 0.6 is 0 Å². The Morgan fingerprint density at radius 1 is 1.19 bits per heavy atom. The minimum atomic E-state index is -0.613. The van der Waals surface area contributed by atoms with Crippen LogP contribution in [0.4, 0.5) is 0 Å². The predicted molar refractivity (Wildman–Crippen MR) is 65.7 cm³/mol. The molecule has 0 aliphatic carbocycles. The van der Waals surface area contributed by atoms with Gasteiger partial charge in [-0.3, -0.25) is 4.90 Å². The maximum atomic E-state index is 9.71. The van der Waals surface area contributed by atoms with Gasteiger partial charge >= 0.3 is 0 Å². The lowest BCUT2D eigenvalue weighted by Gasteiger charge is -2.30. The van der Waals surface area contributed by atoms with E-state index in [4.69, 9.17) is 9.47 Å². The van der Waals surface area contributed by atoms with Crippen molar-refractivity contribution < 1.29 is 14.6 Å². The molecule has 16 heavy (non-hydrogen) atoms. The number of ether oxygens (including phenoxy) is 2. The van der Waals surface area contributed by atoms with Crippen molar-refractivity contribution in [1.29, 1.82) is 0 Å². The molecule has 98 valence electrons. The van der Waals surface area contributed by atoms with Gasteiger partial charge in [0, 0.05) is 33.4 Å². The van der Waals surface area contributed by atoms with Gasteiger partial charge in [0.25, 0.3) is 0 Å². The summed E-state index contributed by atoms with van der Waals surface area (Å²) >= 11 is 0. The summed E-state index contributed by atoms with van der Waals surface area (Å²) in [6.07, 6.45) is 0.755. The molecule has 0 heterocycles. The molecule has 0 aliphatic heterocycles. The summed E-state index contributed by atoms with van der Waals surface area (Å²) in [5.41, 5.74) is -0.613. The first kappa shape index (κ1) is 15.8. The first-order valence-electron chi connectivity index (χ1n) is 5.85. The van der Waals surface area contributed by atoms with Crippen molar-refractivity contribution in [3.8, 4) is 0 Å². The molecule has 1 N–H and O–H groups in total. The number of methoxy groups -OCH3 is 2. The minimum absolute atomic E-state index is 0.350. The van der Waals surface area contributed by atoms with Crippen molar-refractivity contribution in [2.45, 2.75) is 38.8 Å². The smallest absolute Gasteiger partial charge is 0.0615 e. The van der Waals surface area contributed by atoms with Gasteiger partial charge in [-0.2, -0.15) is 0 Å². The van der Waals surface area contributed by atoms with Crippen LogP contribution in [0.3, 0.4) is 0 Å². The van der Waals surface area contributed by atoms with E-state index in [1.165, 1.54) is 0 Å². The standard InChI is InChI=1S/C12H27NO3/c1-11(10-16-5)13(8-9-15-4)7-6-12(2,3)14/h11,14H,6-10H2,1-5H3. The highest BCUT2D eigenvalue weighted by Crippen LogP contribution is 2.10. The van der Waals surface area contributed by atoms with Gasteiger partial charge in [0.05, 0.1) is 18.8 Å². The van der Waals surface area contributed by atoms with Crippen LogP contribution in [0, 0.1) is 0 Å². The molecule has 4 nitrogen and oxygen atoms in total. The molecule has 0 saturated heterocycles. The quantitative estimate of drug-likeness (QED) is 0.648. The van der Waals surface area contributed by atoms with Gasteiger partial charge in [-0.05, 0) is 27.2 Å². The van der Waals surface area contributed by atoms with Crippen LogP contribution in [0.15, 0.2) is 0 Å². The molecule has 4 heteroatoms. The van der Waals surface area contributed by atoms with Crippen LogP contribution in [0.1, 0.15) is 27.2 Å². The third-order valence-corrected chi connectivity index (χ3v) is 2.62. The normalized spacial score (nSPS) is 14.4. The number of hydrogen-bond acceptors (Lipinski definition) is 4. The van der Waals surface area contributed by atoms with Crippen LogP contribution in [0.5, 0.6) is 0 Å². The predicted octanol–water partition coefficient (Wildman–Crippen LogP) is 1.13. The van der Waals surface area contributed by atoms with Gasteiger partial charge in [0.1, 0.15) is 0 Å². The van der Waals surface area contributed by atoms with E-state index in [9.17, 15) is 5.11 Å². The molecule has 0 aromatic rings. The van der Waals surface area contributed by atoms with E-state index in [0.717, 1.165) is 19.5 Å². The Balaban J connectivity index is 4.08. The maximum Gasteiger partial charge on any atom is 0.0615 e. The van der Waals surface area contributed by atoms with Crippen LogP contribution < -0.4 is 0 Å². The third kappa shape index (κ3) is 8.05. The van der Waals surface area contributed by atoms with E-state index in [-0.39, 0.29) is 0 Å². The van der Waals surface area contributed by atoms with E-state index in [2.05, 4.69) is 11.8 Å². The van der Waals surface area contributed by atoms with Gasteiger partial charge in [0.2, 0.25) is 0 Å². The number of hydrogen-bond donors (Lipinski definition) is 1. The van der Waals surface area contributed by atoms with Crippen molar-refractivity contribution in [3.63, 3.8) is 0 Å². The molecular formula is C12H27NO3. The second kappa shape index (κ2) is 8.01. The van der Waals surface area contributed by atoms with Crippen LogP contribution in [-0.4, -0.2) is 62.2 Å². The van der Waals surface area contributed by atoms with Gasteiger partial charge < -0.3 is 14.6 Å². The fraction of sp³-hybridized carbons (Fsp3) is 1.00. The molecule has 0 radical (unpaired) electrons. The highest BCUT2D eigenvalue weighted by Gasteiger charge is 2.18. The largest absolute Gasteiger partial charge is 0.390 e. The Kier molecular flexibility index (Phi) is 7.93. The van der Waals surface area contributed by atoms with Gasteiger partial charge in [-0.25, -0.2) is 0 Å². The molecule has 0 rings (SSSR count). The first-order chi connectivity index (χ1) is 7.40. The minimum Gasteiger partial charge on any atom is -0.390 e.